The van der Waals surface area contributed by atoms with Gasteiger partial charge in [-0.3, -0.25) is 0 Å². The number of aliphatic hydroxyl groups is 2. The maximum absolute atomic E-state index is 8.83. The minimum absolute atomic E-state index is 0.0194. The van der Waals surface area contributed by atoms with Gasteiger partial charge in [0.1, 0.15) is 5.75 Å². The van der Waals surface area contributed by atoms with Crippen LogP contribution in [0.4, 0.5) is 0 Å². The molecule has 3 N–H and O–H groups in total. The second-order valence-corrected chi connectivity index (χ2v) is 2.14. The Bertz CT molecular complexity index is 211. The number of phenolic OH excluding ortho intramolecular Hbond substituents is 1. The summed E-state index contributed by atoms with van der Waals surface area (Å²) in [6.45, 7) is 1.91. The molecule has 0 amide bonds. The minimum Gasteiger partial charge on any atom is -0.508 e. The summed E-state index contributed by atoms with van der Waals surface area (Å²) in [6.07, 6.45) is 0. The van der Waals surface area contributed by atoms with Crippen LogP contribution in [0.2, 0.25) is 0 Å². The van der Waals surface area contributed by atoms with Crippen LogP contribution in [0.1, 0.15) is 12.5 Å². The van der Waals surface area contributed by atoms with Crippen LogP contribution in [0.15, 0.2) is 24.3 Å². The average molecular weight is 170 g/mol. The first-order chi connectivity index (χ1) is 5.74. The number of phenols is 1. The monoisotopic (exact) mass is 170 g/mol. The quantitative estimate of drug-likeness (QED) is 0.586. The zero-order valence-electron chi connectivity index (χ0n) is 7.07. The predicted octanol–water partition coefficient (Wildman–Crippen LogP) is 0.883. The molecule has 0 spiro atoms. The van der Waals surface area contributed by atoms with Gasteiger partial charge in [-0.05, 0) is 24.6 Å². The van der Waals surface area contributed by atoms with Gasteiger partial charge in [0, 0.05) is 6.61 Å². The fourth-order valence-electron chi connectivity index (χ4n) is 0.655. The van der Waals surface area contributed by atoms with Gasteiger partial charge in [-0.1, -0.05) is 12.1 Å². The summed E-state index contributed by atoms with van der Waals surface area (Å²) in [6, 6.07) is 6.54. The highest BCUT2D eigenvalue weighted by Crippen LogP contribution is 2.09. The van der Waals surface area contributed by atoms with Crippen LogP contribution in [-0.4, -0.2) is 21.9 Å². The van der Waals surface area contributed by atoms with Crippen molar-refractivity contribution < 1.29 is 15.3 Å². The minimum atomic E-state index is -0.0194. The summed E-state index contributed by atoms with van der Waals surface area (Å²) in [5, 5.41) is 25.0. The molecule has 0 aliphatic heterocycles. The van der Waals surface area contributed by atoms with E-state index in [1.807, 2.05) is 0 Å². The third-order valence-electron chi connectivity index (χ3n) is 1.09. The van der Waals surface area contributed by atoms with Crippen LogP contribution in [0, 0.1) is 0 Å². The van der Waals surface area contributed by atoms with Crippen LogP contribution in [0.25, 0.3) is 0 Å². The second kappa shape index (κ2) is 6.64. The van der Waals surface area contributed by atoms with E-state index in [-0.39, 0.29) is 19.0 Å². The van der Waals surface area contributed by atoms with Crippen molar-refractivity contribution in [1.29, 1.82) is 0 Å². The Morgan fingerprint density at radius 2 is 1.83 bits per heavy atom. The maximum Gasteiger partial charge on any atom is 0.115 e. The second-order valence-electron chi connectivity index (χ2n) is 2.14. The van der Waals surface area contributed by atoms with Gasteiger partial charge in [0.25, 0.3) is 0 Å². The normalized spacial score (nSPS) is 8.58. The number of hydrogen-bond donors (Lipinski definition) is 3. The van der Waals surface area contributed by atoms with Gasteiger partial charge in [-0.25, -0.2) is 0 Å². The van der Waals surface area contributed by atoms with Crippen LogP contribution >= 0.6 is 0 Å². The van der Waals surface area contributed by atoms with Gasteiger partial charge in [0.2, 0.25) is 0 Å². The molecule has 0 aliphatic carbocycles. The lowest BCUT2D eigenvalue weighted by atomic mass is 10.2. The van der Waals surface area contributed by atoms with Gasteiger partial charge in [-0.15, -0.1) is 0 Å². The molecule has 0 aliphatic rings. The first-order valence-electron chi connectivity index (χ1n) is 3.74. The molecule has 0 fully saturated rings. The molecule has 0 atom stereocenters. The number of hydrogen-bond acceptors (Lipinski definition) is 3. The molecule has 12 heavy (non-hydrogen) atoms. The van der Waals surface area contributed by atoms with Gasteiger partial charge < -0.3 is 15.3 Å². The molecular weight excluding hydrogens is 156 g/mol. The van der Waals surface area contributed by atoms with Gasteiger partial charge in [-0.2, -0.15) is 0 Å². The van der Waals surface area contributed by atoms with E-state index < -0.39 is 0 Å². The van der Waals surface area contributed by atoms with E-state index >= 15 is 0 Å². The molecule has 3 heteroatoms. The van der Waals surface area contributed by atoms with E-state index in [0.29, 0.717) is 0 Å². The summed E-state index contributed by atoms with van der Waals surface area (Å²) < 4.78 is 0. The SMILES string of the molecule is CCO.OCc1cccc(O)c1. The molecule has 0 bridgehead atoms. The number of aliphatic hydroxyl groups excluding tert-OH is 2. The summed E-state index contributed by atoms with van der Waals surface area (Å²) in [7, 11) is 0. The molecule has 0 radical (unpaired) electrons. The summed E-state index contributed by atoms with van der Waals surface area (Å²) in [5.74, 6) is 0.196. The van der Waals surface area contributed by atoms with Crippen molar-refractivity contribution in [2.24, 2.45) is 0 Å². The fraction of sp³-hybridized carbons (Fsp3) is 0.333. The molecule has 0 saturated heterocycles. The number of benzene rings is 1. The third kappa shape index (κ3) is 4.71. The van der Waals surface area contributed by atoms with Crippen molar-refractivity contribution in [3.8, 4) is 5.75 Å². The summed E-state index contributed by atoms with van der Waals surface area (Å²) in [4.78, 5) is 0. The zero-order chi connectivity index (χ0) is 9.40. The lowest BCUT2D eigenvalue weighted by Gasteiger charge is -1.93. The Balaban J connectivity index is 0.000000354. The Kier molecular flexibility index (Phi) is 6.05. The Labute approximate surface area is 71.9 Å². The first-order valence-corrected chi connectivity index (χ1v) is 3.74. The summed E-state index contributed by atoms with van der Waals surface area (Å²) >= 11 is 0. The fourth-order valence-corrected chi connectivity index (χ4v) is 0.655. The zero-order valence-corrected chi connectivity index (χ0v) is 7.07. The Morgan fingerprint density at radius 3 is 2.17 bits per heavy atom. The standard InChI is InChI=1S/C7H8O2.C2H6O/c8-5-6-2-1-3-7(9)4-6;1-2-3/h1-4,8-9H,5H2;3H,2H2,1H3. The van der Waals surface area contributed by atoms with Gasteiger partial charge >= 0.3 is 0 Å². The van der Waals surface area contributed by atoms with Crippen molar-refractivity contribution in [3.05, 3.63) is 29.8 Å². The van der Waals surface area contributed by atoms with Gasteiger partial charge in [0.05, 0.1) is 6.61 Å². The van der Waals surface area contributed by atoms with Crippen LogP contribution in [0.5, 0.6) is 5.75 Å². The Morgan fingerprint density at radius 1 is 1.25 bits per heavy atom. The van der Waals surface area contributed by atoms with Crippen LogP contribution in [-0.2, 0) is 6.61 Å². The van der Waals surface area contributed by atoms with Gasteiger partial charge in [0.15, 0.2) is 0 Å². The molecule has 1 rings (SSSR count). The molecule has 1 aromatic rings. The smallest absolute Gasteiger partial charge is 0.115 e. The lowest BCUT2D eigenvalue weighted by Crippen LogP contribution is -1.79. The van der Waals surface area contributed by atoms with E-state index in [4.69, 9.17) is 15.3 Å². The molecule has 0 heterocycles. The molecule has 0 saturated carbocycles. The van der Waals surface area contributed by atoms with Crippen LogP contribution in [0.3, 0.4) is 0 Å². The first kappa shape index (κ1) is 10.9. The highest BCUT2D eigenvalue weighted by atomic mass is 16.3. The summed E-state index contributed by atoms with van der Waals surface area (Å²) in [5.41, 5.74) is 0.731. The van der Waals surface area contributed by atoms with E-state index in [0.717, 1.165) is 5.56 Å². The molecule has 0 aromatic heterocycles. The molecule has 3 nitrogen and oxygen atoms in total. The number of rotatable bonds is 1. The molecule has 68 valence electrons. The van der Waals surface area contributed by atoms with Crippen molar-refractivity contribution >= 4 is 0 Å². The van der Waals surface area contributed by atoms with Crippen molar-refractivity contribution in [1.82, 2.24) is 0 Å². The Hall–Kier alpha value is -1.06. The van der Waals surface area contributed by atoms with E-state index in [9.17, 15) is 0 Å². The topological polar surface area (TPSA) is 60.7 Å². The van der Waals surface area contributed by atoms with E-state index in [2.05, 4.69) is 0 Å². The molecule has 1 aromatic carbocycles. The molecule has 0 unspecified atom stereocenters. The third-order valence-corrected chi connectivity index (χ3v) is 1.09. The average Bonchev–Trinajstić information content (AvgIpc) is 2.06. The number of aromatic hydroxyl groups is 1. The highest BCUT2D eigenvalue weighted by Gasteiger charge is 1.88. The largest absolute Gasteiger partial charge is 0.508 e. The van der Waals surface area contributed by atoms with Crippen molar-refractivity contribution in [2.45, 2.75) is 13.5 Å². The lowest BCUT2D eigenvalue weighted by molar-refractivity contribution is 0.281. The van der Waals surface area contributed by atoms with E-state index in [1.165, 1.54) is 6.07 Å². The van der Waals surface area contributed by atoms with E-state index in [1.54, 1.807) is 25.1 Å². The van der Waals surface area contributed by atoms with Crippen molar-refractivity contribution in [2.75, 3.05) is 6.61 Å². The van der Waals surface area contributed by atoms with Crippen molar-refractivity contribution in [3.63, 3.8) is 0 Å². The molecular formula is C9H14O3. The van der Waals surface area contributed by atoms with Crippen LogP contribution < -0.4 is 0 Å². The maximum atomic E-state index is 8.83. The highest BCUT2D eigenvalue weighted by molar-refractivity contribution is 5.26. The predicted molar refractivity (Wildman–Crippen MR) is 46.8 cm³/mol.